The van der Waals surface area contributed by atoms with Crippen LogP contribution in [0, 0.1) is 0 Å². The van der Waals surface area contributed by atoms with Crippen molar-refractivity contribution in [3.8, 4) is 22.6 Å². The molecule has 0 aliphatic rings. The van der Waals surface area contributed by atoms with E-state index in [2.05, 4.69) is 6.92 Å². The van der Waals surface area contributed by atoms with E-state index in [9.17, 15) is 4.79 Å². The minimum absolute atomic E-state index is 0.0528. The van der Waals surface area contributed by atoms with Crippen molar-refractivity contribution in [3.05, 3.63) is 48.0 Å². The average Bonchev–Trinajstić information content (AvgIpc) is 2.64. The SMILES string of the molecule is CCCOc1ccc(-c2ccc(C(=O)OC)c(OCOC)c2)cc1. The second kappa shape index (κ2) is 8.93. The second-order valence-electron chi connectivity index (χ2n) is 5.13. The normalized spacial score (nSPS) is 10.3. The van der Waals surface area contributed by atoms with Gasteiger partial charge in [0.2, 0.25) is 0 Å². The number of ether oxygens (including phenoxy) is 4. The Kier molecular flexibility index (Phi) is 6.63. The molecule has 0 spiro atoms. The Balaban J connectivity index is 2.27. The zero-order chi connectivity index (χ0) is 17.4. The van der Waals surface area contributed by atoms with Crippen molar-refractivity contribution in [1.29, 1.82) is 0 Å². The molecular formula is C19H22O5. The lowest BCUT2D eigenvalue weighted by Crippen LogP contribution is -2.07. The Bertz CT molecular complexity index is 664. The van der Waals surface area contributed by atoms with Crippen LogP contribution in [0.3, 0.4) is 0 Å². The smallest absolute Gasteiger partial charge is 0.341 e. The van der Waals surface area contributed by atoms with Crippen molar-refractivity contribution < 1.29 is 23.7 Å². The first-order valence-electron chi connectivity index (χ1n) is 7.77. The first-order chi connectivity index (χ1) is 11.7. The van der Waals surface area contributed by atoms with Gasteiger partial charge >= 0.3 is 5.97 Å². The third-order valence-electron chi connectivity index (χ3n) is 3.38. The van der Waals surface area contributed by atoms with Gasteiger partial charge in [0.15, 0.2) is 6.79 Å². The van der Waals surface area contributed by atoms with Crippen molar-refractivity contribution in [3.63, 3.8) is 0 Å². The summed E-state index contributed by atoms with van der Waals surface area (Å²) >= 11 is 0. The van der Waals surface area contributed by atoms with Crippen LogP contribution < -0.4 is 9.47 Å². The molecule has 2 aromatic carbocycles. The van der Waals surface area contributed by atoms with Crippen LogP contribution in [-0.4, -0.2) is 33.6 Å². The zero-order valence-corrected chi connectivity index (χ0v) is 14.2. The van der Waals surface area contributed by atoms with Crippen LogP contribution in [0.15, 0.2) is 42.5 Å². The highest BCUT2D eigenvalue weighted by Gasteiger charge is 2.14. The van der Waals surface area contributed by atoms with Gasteiger partial charge in [-0.15, -0.1) is 0 Å². The topological polar surface area (TPSA) is 54.0 Å². The highest BCUT2D eigenvalue weighted by Crippen LogP contribution is 2.29. The summed E-state index contributed by atoms with van der Waals surface area (Å²) in [6.07, 6.45) is 0.969. The van der Waals surface area contributed by atoms with E-state index in [0.717, 1.165) is 23.3 Å². The molecule has 0 radical (unpaired) electrons. The van der Waals surface area contributed by atoms with E-state index < -0.39 is 5.97 Å². The second-order valence-corrected chi connectivity index (χ2v) is 5.13. The van der Waals surface area contributed by atoms with Crippen molar-refractivity contribution in [2.45, 2.75) is 13.3 Å². The molecule has 0 aliphatic heterocycles. The summed E-state index contributed by atoms with van der Waals surface area (Å²) in [5.74, 6) is 0.811. The zero-order valence-electron chi connectivity index (χ0n) is 14.2. The van der Waals surface area contributed by atoms with Gasteiger partial charge < -0.3 is 18.9 Å². The molecule has 0 bridgehead atoms. The summed E-state index contributed by atoms with van der Waals surface area (Å²) in [5.41, 5.74) is 2.29. The van der Waals surface area contributed by atoms with Gasteiger partial charge in [-0.25, -0.2) is 4.79 Å². The molecule has 5 heteroatoms. The summed E-state index contributed by atoms with van der Waals surface area (Å²) < 4.78 is 20.8. The molecule has 0 saturated heterocycles. The van der Waals surface area contributed by atoms with Gasteiger partial charge in [0, 0.05) is 7.11 Å². The molecule has 0 N–H and O–H groups in total. The lowest BCUT2D eigenvalue weighted by atomic mass is 10.0. The van der Waals surface area contributed by atoms with E-state index in [-0.39, 0.29) is 6.79 Å². The van der Waals surface area contributed by atoms with Gasteiger partial charge in [-0.05, 0) is 41.8 Å². The molecule has 0 aromatic heterocycles. The van der Waals surface area contributed by atoms with E-state index in [4.69, 9.17) is 18.9 Å². The molecule has 0 amide bonds. The Morgan fingerprint density at radius 3 is 2.29 bits per heavy atom. The number of carbonyl (C=O) groups is 1. The standard InChI is InChI=1S/C19H22O5/c1-4-11-23-16-8-5-14(6-9-16)15-7-10-17(19(20)22-3)18(12-15)24-13-21-2/h5-10,12H,4,11,13H2,1-3H3. The number of benzene rings is 2. The molecule has 24 heavy (non-hydrogen) atoms. The van der Waals surface area contributed by atoms with Gasteiger partial charge in [-0.3, -0.25) is 0 Å². The van der Waals surface area contributed by atoms with Crippen molar-refractivity contribution in [2.24, 2.45) is 0 Å². The summed E-state index contributed by atoms with van der Waals surface area (Å²) in [6, 6.07) is 13.1. The number of methoxy groups -OCH3 is 2. The highest BCUT2D eigenvalue weighted by atomic mass is 16.7. The van der Waals surface area contributed by atoms with Gasteiger partial charge in [0.1, 0.15) is 17.1 Å². The summed E-state index contributed by atoms with van der Waals surface area (Å²) in [4.78, 5) is 11.8. The minimum Gasteiger partial charge on any atom is -0.494 e. The van der Waals surface area contributed by atoms with Crippen molar-refractivity contribution in [2.75, 3.05) is 27.6 Å². The summed E-state index contributed by atoms with van der Waals surface area (Å²) in [7, 11) is 2.86. The minimum atomic E-state index is -0.448. The Morgan fingerprint density at radius 2 is 1.67 bits per heavy atom. The van der Waals surface area contributed by atoms with Crippen LogP contribution in [0.25, 0.3) is 11.1 Å². The maximum absolute atomic E-state index is 11.8. The predicted molar refractivity (Wildman–Crippen MR) is 91.5 cm³/mol. The van der Waals surface area contributed by atoms with E-state index in [1.807, 2.05) is 30.3 Å². The highest BCUT2D eigenvalue weighted by molar-refractivity contribution is 5.93. The number of carbonyl (C=O) groups excluding carboxylic acids is 1. The van der Waals surface area contributed by atoms with E-state index in [1.165, 1.54) is 14.2 Å². The lowest BCUT2D eigenvalue weighted by Gasteiger charge is -2.12. The fraction of sp³-hybridized carbons (Fsp3) is 0.316. The van der Waals surface area contributed by atoms with Crippen LogP contribution >= 0.6 is 0 Å². The third kappa shape index (κ3) is 4.49. The molecule has 0 unspecified atom stereocenters. The first kappa shape index (κ1) is 17.8. The van der Waals surface area contributed by atoms with Gasteiger partial charge in [0.05, 0.1) is 13.7 Å². The maximum Gasteiger partial charge on any atom is 0.341 e. The molecule has 0 saturated carbocycles. The molecular weight excluding hydrogens is 308 g/mol. The molecule has 0 fully saturated rings. The van der Waals surface area contributed by atoms with Crippen LogP contribution in [0.5, 0.6) is 11.5 Å². The molecule has 128 valence electrons. The van der Waals surface area contributed by atoms with Gasteiger partial charge in [0.25, 0.3) is 0 Å². The average molecular weight is 330 g/mol. The van der Waals surface area contributed by atoms with E-state index in [1.54, 1.807) is 12.1 Å². The Hall–Kier alpha value is -2.53. The summed E-state index contributed by atoms with van der Waals surface area (Å²) in [5, 5.41) is 0. The van der Waals surface area contributed by atoms with Gasteiger partial charge in [-0.2, -0.15) is 0 Å². The van der Waals surface area contributed by atoms with E-state index >= 15 is 0 Å². The molecule has 0 heterocycles. The largest absolute Gasteiger partial charge is 0.494 e. The van der Waals surface area contributed by atoms with Gasteiger partial charge in [-0.1, -0.05) is 25.1 Å². The van der Waals surface area contributed by atoms with Crippen LogP contribution in [0.4, 0.5) is 0 Å². The quantitative estimate of drug-likeness (QED) is 0.542. The number of esters is 1. The summed E-state index contributed by atoms with van der Waals surface area (Å²) in [6.45, 7) is 2.82. The number of hydrogen-bond donors (Lipinski definition) is 0. The Labute approximate surface area is 142 Å². The molecule has 2 aromatic rings. The number of rotatable bonds is 8. The third-order valence-corrected chi connectivity index (χ3v) is 3.38. The van der Waals surface area contributed by atoms with Crippen LogP contribution in [0.2, 0.25) is 0 Å². The maximum atomic E-state index is 11.8. The fourth-order valence-electron chi connectivity index (χ4n) is 2.19. The molecule has 0 atom stereocenters. The Morgan fingerprint density at radius 1 is 0.958 bits per heavy atom. The van der Waals surface area contributed by atoms with E-state index in [0.29, 0.717) is 17.9 Å². The van der Waals surface area contributed by atoms with Crippen molar-refractivity contribution in [1.82, 2.24) is 0 Å². The number of hydrogen-bond acceptors (Lipinski definition) is 5. The van der Waals surface area contributed by atoms with Crippen LogP contribution in [0.1, 0.15) is 23.7 Å². The predicted octanol–water partition coefficient (Wildman–Crippen LogP) is 3.91. The molecule has 5 nitrogen and oxygen atoms in total. The lowest BCUT2D eigenvalue weighted by molar-refractivity contribution is 0.0465. The monoisotopic (exact) mass is 330 g/mol. The molecule has 2 rings (SSSR count). The first-order valence-corrected chi connectivity index (χ1v) is 7.77. The fourth-order valence-corrected chi connectivity index (χ4v) is 2.19. The van der Waals surface area contributed by atoms with Crippen molar-refractivity contribution >= 4 is 5.97 Å². The molecule has 0 aliphatic carbocycles. The van der Waals surface area contributed by atoms with Crippen LogP contribution in [-0.2, 0) is 9.47 Å².